The van der Waals surface area contributed by atoms with Crippen LogP contribution in [0.4, 0.5) is 5.69 Å². The standard InChI is InChI=1S/C12H19NS/c1-12(2)6-3-4-10(8-12)13-11-5-7-14-9-11/h5,7,9-10,13H,3-4,6,8H2,1-2H3. The number of hydrogen-bond donors (Lipinski definition) is 1. The Morgan fingerprint density at radius 1 is 1.50 bits per heavy atom. The van der Waals surface area contributed by atoms with E-state index in [9.17, 15) is 0 Å². The Bertz CT molecular complexity index is 277. The molecule has 0 radical (unpaired) electrons. The van der Waals surface area contributed by atoms with Crippen molar-refractivity contribution in [2.75, 3.05) is 5.32 Å². The molecule has 0 bridgehead atoms. The van der Waals surface area contributed by atoms with Crippen molar-refractivity contribution in [3.63, 3.8) is 0 Å². The lowest BCUT2D eigenvalue weighted by Gasteiger charge is -2.35. The summed E-state index contributed by atoms with van der Waals surface area (Å²) in [5, 5.41) is 7.96. The van der Waals surface area contributed by atoms with Crippen LogP contribution in [0.25, 0.3) is 0 Å². The van der Waals surface area contributed by atoms with Crippen LogP contribution in [0.15, 0.2) is 16.8 Å². The Balaban J connectivity index is 1.92. The van der Waals surface area contributed by atoms with Crippen molar-refractivity contribution in [2.24, 2.45) is 5.41 Å². The van der Waals surface area contributed by atoms with E-state index in [1.807, 2.05) is 0 Å². The lowest BCUT2D eigenvalue weighted by molar-refractivity contribution is 0.229. The predicted molar refractivity (Wildman–Crippen MR) is 64.0 cm³/mol. The van der Waals surface area contributed by atoms with Crippen LogP contribution < -0.4 is 5.32 Å². The fourth-order valence-electron chi connectivity index (χ4n) is 2.40. The molecule has 2 heteroatoms. The minimum Gasteiger partial charge on any atom is -0.382 e. The molecule has 78 valence electrons. The summed E-state index contributed by atoms with van der Waals surface area (Å²) in [4.78, 5) is 0. The Hall–Kier alpha value is -0.500. The van der Waals surface area contributed by atoms with Crippen LogP contribution in [-0.4, -0.2) is 6.04 Å². The maximum absolute atomic E-state index is 3.63. The number of anilines is 1. The number of rotatable bonds is 2. The molecule has 1 saturated carbocycles. The lowest BCUT2D eigenvalue weighted by atomic mass is 9.75. The van der Waals surface area contributed by atoms with Crippen molar-refractivity contribution in [3.8, 4) is 0 Å². The molecule has 0 amide bonds. The second-order valence-corrected chi connectivity index (χ2v) is 5.89. The monoisotopic (exact) mass is 209 g/mol. The summed E-state index contributed by atoms with van der Waals surface area (Å²) in [5.41, 5.74) is 1.84. The van der Waals surface area contributed by atoms with Gasteiger partial charge < -0.3 is 5.32 Å². The quantitative estimate of drug-likeness (QED) is 0.772. The molecular formula is C12H19NS. The van der Waals surface area contributed by atoms with Gasteiger partial charge in [-0.2, -0.15) is 11.3 Å². The first-order valence-electron chi connectivity index (χ1n) is 5.44. The van der Waals surface area contributed by atoms with Crippen LogP contribution in [0, 0.1) is 5.41 Å². The molecule has 1 heterocycles. The van der Waals surface area contributed by atoms with Gasteiger partial charge in [-0.3, -0.25) is 0 Å². The average Bonchev–Trinajstić information content (AvgIpc) is 2.54. The molecule has 0 aliphatic heterocycles. The normalized spacial score (nSPS) is 26.0. The van der Waals surface area contributed by atoms with Crippen molar-refractivity contribution in [1.82, 2.24) is 0 Å². The molecule has 14 heavy (non-hydrogen) atoms. The van der Waals surface area contributed by atoms with E-state index < -0.39 is 0 Å². The van der Waals surface area contributed by atoms with Gasteiger partial charge in [0.15, 0.2) is 0 Å². The van der Waals surface area contributed by atoms with Crippen LogP contribution in [-0.2, 0) is 0 Å². The zero-order valence-corrected chi connectivity index (χ0v) is 9.86. The van der Waals surface area contributed by atoms with Gasteiger partial charge in [0, 0.05) is 17.1 Å². The topological polar surface area (TPSA) is 12.0 Å². The summed E-state index contributed by atoms with van der Waals surface area (Å²) >= 11 is 1.77. The van der Waals surface area contributed by atoms with Gasteiger partial charge >= 0.3 is 0 Å². The van der Waals surface area contributed by atoms with Gasteiger partial charge in [-0.15, -0.1) is 0 Å². The Labute approximate surface area is 90.5 Å². The van der Waals surface area contributed by atoms with Gasteiger partial charge in [0.05, 0.1) is 0 Å². The third kappa shape index (κ3) is 2.50. The lowest BCUT2D eigenvalue weighted by Crippen LogP contribution is -2.31. The second-order valence-electron chi connectivity index (χ2n) is 5.11. The first-order valence-corrected chi connectivity index (χ1v) is 6.39. The molecule has 0 aromatic carbocycles. The highest BCUT2D eigenvalue weighted by molar-refractivity contribution is 7.08. The average molecular weight is 209 g/mol. The molecule has 1 atom stereocenters. The second kappa shape index (κ2) is 3.93. The summed E-state index contributed by atoms with van der Waals surface area (Å²) < 4.78 is 0. The van der Waals surface area contributed by atoms with Gasteiger partial charge in [-0.25, -0.2) is 0 Å². The fourth-order valence-corrected chi connectivity index (χ4v) is 3.00. The van der Waals surface area contributed by atoms with E-state index >= 15 is 0 Å². The first-order chi connectivity index (χ1) is 6.66. The molecule has 1 aliphatic rings. The number of hydrogen-bond acceptors (Lipinski definition) is 2. The van der Waals surface area contributed by atoms with Gasteiger partial charge in [-0.05, 0) is 36.1 Å². The molecule has 1 nitrogen and oxygen atoms in total. The highest BCUT2D eigenvalue weighted by Crippen LogP contribution is 2.36. The smallest absolute Gasteiger partial charge is 0.0450 e. The minimum absolute atomic E-state index is 0.534. The Morgan fingerprint density at radius 3 is 3.00 bits per heavy atom. The third-order valence-corrected chi connectivity index (χ3v) is 3.78. The largest absolute Gasteiger partial charge is 0.382 e. The highest BCUT2D eigenvalue weighted by atomic mass is 32.1. The number of thiophene rings is 1. The summed E-state index contributed by atoms with van der Waals surface area (Å²) in [6.07, 6.45) is 5.39. The number of nitrogens with one attached hydrogen (secondary N) is 1. The summed E-state index contributed by atoms with van der Waals surface area (Å²) in [6.45, 7) is 4.77. The van der Waals surface area contributed by atoms with E-state index in [0.29, 0.717) is 11.5 Å². The van der Waals surface area contributed by atoms with Crippen molar-refractivity contribution in [2.45, 2.75) is 45.6 Å². The maximum Gasteiger partial charge on any atom is 0.0450 e. The van der Waals surface area contributed by atoms with E-state index in [1.165, 1.54) is 31.4 Å². The van der Waals surface area contributed by atoms with Crippen LogP contribution in [0.2, 0.25) is 0 Å². The first kappa shape index (κ1) is 10.0. The summed E-state index contributed by atoms with van der Waals surface area (Å²) in [6, 6.07) is 2.86. The van der Waals surface area contributed by atoms with Crippen molar-refractivity contribution in [1.29, 1.82) is 0 Å². The van der Waals surface area contributed by atoms with Gasteiger partial charge in [-0.1, -0.05) is 20.3 Å². The van der Waals surface area contributed by atoms with E-state index in [2.05, 4.69) is 36.0 Å². The molecule has 1 aromatic rings. The van der Waals surface area contributed by atoms with Gasteiger partial charge in [0.25, 0.3) is 0 Å². The summed E-state index contributed by atoms with van der Waals surface area (Å²) in [5.74, 6) is 0. The highest BCUT2D eigenvalue weighted by Gasteiger charge is 2.27. The molecular weight excluding hydrogens is 190 g/mol. The van der Waals surface area contributed by atoms with Crippen LogP contribution in [0.1, 0.15) is 39.5 Å². The molecule has 0 spiro atoms. The predicted octanol–water partition coefficient (Wildman–Crippen LogP) is 4.13. The summed E-state index contributed by atoms with van der Waals surface area (Å²) in [7, 11) is 0. The van der Waals surface area contributed by atoms with Crippen LogP contribution in [0.3, 0.4) is 0 Å². The molecule has 2 rings (SSSR count). The fraction of sp³-hybridized carbons (Fsp3) is 0.667. The molecule has 1 fully saturated rings. The maximum atomic E-state index is 3.63. The van der Waals surface area contributed by atoms with Crippen molar-refractivity contribution < 1.29 is 0 Å². The molecule has 1 aromatic heterocycles. The SMILES string of the molecule is CC1(C)CCCC(Nc2ccsc2)C1. The van der Waals surface area contributed by atoms with Crippen LogP contribution >= 0.6 is 11.3 Å². The third-order valence-electron chi connectivity index (χ3n) is 3.10. The van der Waals surface area contributed by atoms with E-state index in [1.54, 1.807) is 11.3 Å². The Morgan fingerprint density at radius 2 is 2.36 bits per heavy atom. The molecule has 0 saturated heterocycles. The molecule has 1 N–H and O–H groups in total. The van der Waals surface area contributed by atoms with E-state index in [-0.39, 0.29) is 0 Å². The van der Waals surface area contributed by atoms with Gasteiger partial charge in [0.2, 0.25) is 0 Å². The van der Waals surface area contributed by atoms with Gasteiger partial charge in [0.1, 0.15) is 0 Å². The van der Waals surface area contributed by atoms with Crippen molar-refractivity contribution in [3.05, 3.63) is 16.8 Å². The molecule has 1 aliphatic carbocycles. The van der Waals surface area contributed by atoms with E-state index in [0.717, 1.165) is 0 Å². The van der Waals surface area contributed by atoms with Crippen LogP contribution in [0.5, 0.6) is 0 Å². The Kier molecular flexibility index (Phi) is 2.82. The zero-order chi connectivity index (χ0) is 10.0. The minimum atomic E-state index is 0.534. The molecule has 1 unspecified atom stereocenters. The zero-order valence-electron chi connectivity index (χ0n) is 9.05. The van der Waals surface area contributed by atoms with E-state index in [4.69, 9.17) is 0 Å². The van der Waals surface area contributed by atoms with Crippen molar-refractivity contribution >= 4 is 17.0 Å².